The number of carbonyl (C=O) groups excluding carboxylic acids is 1. The molecule has 1 aliphatic carbocycles. The standard InChI is InChI=1S/C12H23N3OS/c1-14(9-10-3-4-10)7-6-12(16)15(2)8-5-11(13)17/h10H,3-9H2,1-2H3,(H2,13,17). The molecule has 0 bridgehead atoms. The highest BCUT2D eigenvalue weighted by Crippen LogP contribution is 2.29. The van der Waals surface area contributed by atoms with Crippen LogP contribution in [0.1, 0.15) is 25.7 Å². The monoisotopic (exact) mass is 257 g/mol. The summed E-state index contributed by atoms with van der Waals surface area (Å²) in [7, 11) is 3.89. The van der Waals surface area contributed by atoms with Crippen molar-refractivity contribution in [2.75, 3.05) is 33.7 Å². The SMILES string of the molecule is CN(CCC(=O)N(C)CCC(N)=S)CC1CC1. The minimum absolute atomic E-state index is 0.170. The van der Waals surface area contributed by atoms with E-state index in [1.165, 1.54) is 12.8 Å². The molecule has 0 aromatic carbocycles. The lowest BCUT2D eigenvalue weighted by atomic mass is 10.3. The van der Waals surface area contributed by atoms with Gasteiger partial charge in [0.1, 0.15) is 0 Å². The van der Waals surface area contributed by atoms with Gasteiger partial charge < -0.3 is 15.5 Å². The third-order valence-corrected chi connectivity index (χ3v) is 3.30. The van der Waals surface area contributed by atoms with E-state index < -0.39 is 0 Å². The molecule has 17 heavy (non-hydrogen) atoms. The molecule has 0 radical (unpaired) electrons. The molecular formula is C12H23N3OS. The van der Waals surface area contributed by atoms with Gasteiger partial charge in [-0.3, -0.25) is 4.79 Å². The number of nitrogens with two attached hydrogens (primary N) is 1. The van der Waals surface area contributed by atoms with E-state index in [2.05, 4.69) is 11.9 Å². The van der Waals surface area contributed by atoms with Crippen molar-refractivity contribution in [3.63, 3.8) is 0 Å². The van der Waals surface area contributed by atoms with Crippen molar-refractivity contribution in [3.05, 3.63) is 0 Å². The molecule has 0 aromatic heterocycles. The zero-order valence-electron chi connectivity index (χ0n) is 10.8. The van der Waals surface area contributed by atoms with E-state index in [9.17, 15) is 4.79 Å². The maximum atomic E-state index is 11.8. The summed E-state index contributed by atoms with van der Waals surface area (Å²) >= 11 is 4.79. The Labute approximate surface area is 109 Å². The minimum Gasteiger partial charge on any atom is -0.393 e. The molecule has 0 heterocycles. The lowest BCUT2D eigenvalue weighted by molar-refractivity contribution is -0.130. The molecule has 1 amide bonds. The van der Waals surface area contributed by atoms with Gasteiger partial charge in [0.2, 0.25) is 5.91 Å². The smallest absolute Gasteiger partial charge is 0.223 e. The number of thiocarbonyl (C=S) groups is 1. The highest BCUT2D eigenvalue weighted by Gasteiger charge is 2.22. The molecule has 0 saturated heterocycles. The van der Waals surface area contributed by atoms with E-state index in [1.807, 2.05) is 7.05 Å². The van der Waals surface area contributed by atoms with Crippen molar-refractivity contribution in [1.82, 2.24) is 9.80 Å². The molecular weight excluding hydrogens is 234 g/mol. The van der Waals surface area contributed by atoms with E-state index in [1.54, 1.807) is 4.90 Å². The van der Waals surface area contributed by atoms with Gasteiger partial charge in [-0.15, -0.1) is 0 Å². The van der Waals surface area contributed by atoms with Gasteiger partial charge in [-0.05, 0) is 25.8 Å². The summed E-state index contributed by atoms with van der Waals surface area (Å²) in [5, 5.41) is 0. The molecule has 2 N–H and O–H groups in total. The molecule has 4 nitrogen and oxygen atoms in total. The molecule has 1 fully saturated rings. The highest BCUT2D eigenvalue weighted by atomic mass is 32.1. The Kier molecular flexibility index (Phi) is 5.85. The zero-order valence-corrected chi connectivity index (χ0v) is 11.6. The van der Waals surface area contributed by atoms with Crippen LogP contribution >= 0.6 is 12.2 Å². The molecule has 98 valence electrons. The van der Waals surface area contributed by atoms with Crippen LogP contribution in [0.15, 0.2) is 0 Å². The van der Waals surface area contributed by atoms with Gasteiger partial charge >= 0.3 is 0 Å². The Morgan fingerprint density at radius 3 is 2.47 bits per heavy atom. The molecule has 5 heteroatoms. The summed E-state index contributed by atoms with van der Waals surface area (Å²) in [5.41, 5.74) is 5.41. The fraction of sp³-hybridized carbons (Fsp3) is 0.833. The molecule has 0 aromatic rings. The number of carbonyl (C=O) groups is 1. The van der Waals surface area contributed by atoms with Crippen molar-refractivity contribution in [2.24, 2.45) is 11.7 Å². The molecule has 0 spiro atoms. The minimum atomic E-state index is 0.170. The van der Waals surface area contributed by atoms with Crippen molar-refractivity contribution in [1.29, 1.82) is 0 Å². The molecule has 1 saturated carbocycles. The number of amides is 1. The van der Waals surface area contributed by atoms with Crippen LogP contribution in [0, 0.1) is 5.92 Å². The van der Waals surface area contributed by atoms with Crippen LogP contribution in [0.2, 0.25) is 0 Å². The summed E-state index contributed by atoms with van der Waals surface area (Å²) in [5.74, 6) is 1.05. The number of rotatable bonds is 8. The van der Waals surface area contributed by atoms with E-state index in [-0.39, 0.29) is 5.91 Å². The molecule has 1 aliphatic rings. The van der Waals surface area contributed by atoms with Crippen molar-refractivity contribution < 1.29 is 4.79 Å². The molecule has 0 aliphatic heterocycles. The van der Waals surface area contributed by atoms with Crippen LogP contribution in [0.4, 0.5) is 0 Å². The maximum Gasteiger partial charge on any atom is 0.223 e. The first-order valence-corrected chi connectivity index (χ1v) is 6.60. The first-order chi connectivity index (χ1) is 7.99. The quantitative estimate of drug-likeness (QED) is 0.655. The van der Waals surface area contributed by atoms with Gasteiger partial charge in [0.05, 0.1) is 4.99 Å². The van der Waals surface area contributed by atoms with Crippen LogP contribution in [-0.4, -0.2) is 54.4 Å². The fourth-order valence-electron chi connectivity index (χ4n) is 1.71. The van der Waals surface area contributed by atoms with Crippen LogP contribution in [0.3, 0.4) is 0 Å². The summed E-state index contributed by atoms with van der Waals surface area (Å²) in [6.45, 7) is 2.59. The van der Waals surface area contributed by atoms with Crippen molar-refractivity contribution in [3.8, 4) is 0 Å². The van der Waals surface area contributed by atoms with Gasteiger partial charge in [0, 0.05) is 39.5 Å². The third kappa shape index (κ3) is 6.58. The van der Waals surface area contributed by atoms with E-state index in [0.717, 1.165) is 19.0 Å². The Hall–Kier alpha value is -0.680. The van der Waals surface area contributed by atoms with Gasteiger partial charge in [0.25, 0.3) is 0 Å². The van der Waals surface area contributed by atoms with Crippen LogP contribution in [0.25, 0.3) is 0 Å². The summed E-state index contributed by atoms with van der Waals surface area (Å²) in [6, 6.07) is 0. The Morgan fingerprint density at radius 2 is 1.94 bits per heavy atom. The molecule has 0 atom stereocenters. The average molecular weight is 257 g/mol. The largest absolute Gasteiger partial charge is 0.393 e. The average Bonchev–Trinajstić information content (AvgIpc) is 3.06. The zero-order chi connectivity index (χ0) is 12.8. The first kappa shape index (κ1) is 14.4. The van der Waals surface area contributed by atoms with Gasteiger partial charge in [-0.1, -0.05) is 12.2 Å². The van der Waals surface area contributed by atoms with E-state index >= 15 is 0 Å². The summed E-state index contributed by atoms with van der Waals surface area (Å²) < 4.78 is 0. The molecule has 0 unspecified atom stereocenters. The molecule has 1 rings (SSSR count). The number of hydrogen-bond donors (Lipinski definition) is 1. The van der Waals surface area contributed by atoms with E-state index in [4.69, 9.17) is 18.0 Å². The second-order valence-corrected chi connectivity index (χ2v) is 5.51. The number of nitrogens with zero attached hydrogens (tertiary/aromatic N) is 2. The lowest BCUT2D eigenvalue weighted by Gasteiger charge is -2.20. The predicted octanol–water partition coefficient (Wildman–Crippen LogP) is 0.853. The predicted molar refractivity (Wildman–Crippen MR) is 73.9 cm³/mol. The van der Waals surface area contributed by atoms with Crippen LogP contribution in [0.5, 0.6) is 0 Å². The third-order valence-electron chi connectivity index (χ3n) is 3.09. The second kappa shape index (κ2) is 6.91. The van der Waals surface area contributed by atoms with Gasteiger partial charge in [-0.2, -0.15) is 0 Å². The summed E-state index contributed by atoms with van der Waals surface area (Å²) in [4.78, 5) is 16.2. The van der Waals surface area contributed by atoms with Gasteiger partial charge in [-0.25, -0.2) is 0 Å². The Morgan fingerprint density at radius 1 is 1.29 bits per heavy atom. The highest BCUT2D eigenvalue weighted by molar-refractivity contribution is 7.80. The fourth-order valence-corrected chi connectivity index (χ4v) is 1.80. The normalized spacial score (nSPS) is 15.0. The maximum absolute atomic E-state index is 11.8. The van der Waals surface area contributed by atoms with Crippen molar-refractivity contribution >= 4 is 23.1 Å². The Bertz CT molecular complexity index is 279. The number of hydrogen-bond acceptors (Lipinski definition) is 3. The van der Waals surface area contributed by atoms with Crippen molar-refractivity contribution in [2.45, 2.75) is 25.7 Å². The first-order valence-electron chi connectivity index (χ1n) is 6.20. The lowest BCUT2D eigenvalue weighted by Crippen LogP contribution is -2.33. The summed E-state index contributed by atoms with van der Waals surface area (Å²) in [6.07, 6.45) is 3.89. The van der Waals surface area contributed by atoms with E-state index in [0.29, 0.717) is 24.4 Å². The van der Waals surface area contributed by atoms with Gasteiger partial charge in [0.15, 0.2) is 0 Å². The second-order valence-electron chi connectivity index (χ2n) is 4.99. The van der Waals surface area contributed by atoms with Crippen LogP contribution in [-0.2, 0) is 4.79 Å². The topological polar surface area (TPSA) is 49.6 Å². The van der Waals surface area contributed by atoms with Crippen LogP contribution < -0.4 is 5.73 Å². The Balaban J connectivity index is 2.11.